The molecule has 2 aromatic carbocycles. The van der Waals surface area contributed by atoms with Gasteiger partial charge in [0.25, 0.3) is 0 Å². The standard InChI is InChI=1S/C15H8FN2S2/c16-10-4-5-12-11(7-10)18-14(20-12)6-9-2-1-3-13-15(9)17-8-19-13/h1-5,7H,6H2. The number of benzene rings is 2. The first-order chi connectivity index (χ1) is 9.79. The SMILES string of the molecule is Fc1ccc2sc(Cc3cccc4s[c]nc34)nc2c1. The summed E-state index contributed by atoms with van der Waals surface area (Å²) >= 11 is 3.12. The molecule has 0 saturated carbocycles. The molecular formula is C15H8FN2S2. The maximum Gasteiger partial charge on any atom is 0.153 e. The lowest BCUT2D eigenvalue weighted by atomic mass is 10.1. The zero-order chi connectivity index (χ0) is 13.5. The molecule has 2 nitrogen and oxygen atoms in total. The molecular weight excluding hydrogens is 291 g/mol. The van der Waals surface area contributed by atoms with E-state index in [2.05, 4.69) is 21.5 Å². The van der Waals surface area contributed by atoms with Gasteiger partial charge in [-0.25, -0.2) is 14.4 Å². The zero-order valence-corrected chi connectivity index (χ0v) is 11.9. The lowest BCUT2D eigenvalue weighted by molar-refractivity contribution is 0.629. The molecule has 0 unspecified atom stereocenters. The number of thiazole rings is 2. The van der Waals surface area contributed by atoms with Crippen LogP contribution in [0, 0.1) is 11.3 Å². The summed E-state index contributed by atoms with van der Waals surface area (Å²) in [6, 6.07) is 10.9. The Morgan fingerprint density at radius 2 is 2.10 bits per heavy atom. The van der Waals surface area contributed by atoms with E-state index in [1.54, 1.807) is 17.4 Å². The molecule has 1 radical (unpaired) electrons. The highest BCUT2D eigenvalue weighted by Crippen LogP contribution is 2.27. The third-order valence-electron chi connectivity index (χ3n) is 3.13. The van der Waals surface area contributed by atoms with E-state index in [4.69, 9.17) is 0 Å². The van der Waals surface area contributed by atoms with Gasteiger partial charge >= 0.3 is 0 Å². The van der Waals surface area contributed by atoms with Crippen LogP contribution in [-0.4, -0.2) is 9.97 Å². The first-order valence-corrected chi connectivity index (χ1v) is 7.72. The fourth-order valence-corrected chi connectivity index (χ4v) is 3.85. The summed E-state index contributed by atoms with van der Waals surface area (Å²) in [5.41, 5.74) is 5.77. The van der Waals surface area contributed by atoms with Gasteiger partial charge < -0.3 is 0 Å². The second kappa shape index (κ2) is 4.61. The number of fused-ring (bicyclic) bond motifs is 2. The summed E-state index contributed by atoms with van der Waals surface area (Å²) in [6.07, 6.45) is 0.718. The van der Waals surface area contributed by atoms with Crippen molar-refractivity contribution >= 4 is 43.1 Å². The summed E-state index contributed by atoms with van der Waals surface area (Å²) < 4.78 is 15.3. The Morgan fingerprint density at radius 1 is 1.15 bits per heavy atom. The molecule has 0 saturated heterocycles. The number of halogens is 1. The molecule has 0 atom stereocenters. The van der Waals surface area contributed by atoms with E-state index in [0.717, 1.165) is 37.4 Å². The van der Waals surface area contributed by atoms with E-state index in [0.29, 0.717) is 0 Å². The fourth-order valence-electron chi connectivity index (χ4n) is 2.22. The lowest BCUT2D eigenvalue weighted by Crippen LogP contribution is -1.88. The molecule has 4 rings (SSSR count). The Kier molecular flexibility index (Phi) is 2.75. The Labute approximate surface area is 122 Å². The van der Waals surface area contributed by atoms with Gasteiger partial charge in [0.15, 0.2) is 5.51 Å². The minimum absolute atomic E-state index is 0.245. The van der Waals surface area contributed by atoms with Crippen molar-refractivity contribution in [2.24, 2.45) is 0 Å². The van der Waals surface area contributed by atoms with Crippen LogP contribution in [-0.2, 0) is 6.42 Å². The van der Waals surface area contributed by atoms with Gasteiger partial charge in [-0.2, -0.15) is 0 Å². The molecule has 2 aromatic heterocycles. The minimum Gasteiger partial charge on any atom is -0.241 e. The lowest BCUT2D eigenvalue weighted by Gasteiger charge is -1.98. The number of nitrogens with zero attached hydrogens (tertiary/aromatic N) is 2. The van der Waals surface area contributed by atoms with Crippen LogP contribution in [0.1, 0.15) is 10.6 Å². The number of para-hydroxylation sites is 1. The molecule has 0 N–H and O–H groups in total. The molecule has 20 heavy (non-hydrogen) atoms. The Balaban J connectivity index is 1.78. The van der Waals surface area contributed by atoms with Crippen LogP contribution in [0.4, 0.5) is 4.39 Å². The van der Waals surface area contributed by atoms with Gasteiger partial charge in [-0.15, -0.1) is 22.7 Å². The average molecular weight is 299 g/mol. The molecule has 97 valence electrons. The normalized spacial score (nSPS) is 11.4. The van der Waals surface area contributed by atoms with Gasteiger partial charge in [0.1, 0.15) is 5.82 Å². The average Bonchev–Trinajstić information content (AvgIpc) is 3.04. The molecule has 0 aliphatic carbocycles. The van der Waals surface area contributed by atoms with Crippen LogP contribution >= 0.6 is 22.7 Å². The maximum absolute atomic E-state index is 13.2. The molecule has 0 fully saturated rings. The van der Waals surface area contributed by atoms with Crippen LogP contribution in [0.15, 0.2) is 36.4 Å². The smallest absolute Gasteiger partial charge is 0.153 e. The Hall–Kier alpha value is -1.85. The molecule has 5 heteroatoms. The van der Waals surface area contributed by atoms with Crippen molar-refractivity contribution in [3.05, 3.63) is 58.3 Å². The van der Waals surface area contributed by atoms with Crippen molar-refractivity contribution in [3.8, 4) is 0 Å². The number of rotatable bonds is 2. The molecule has 0 spiro atoms. The van der Waals surface area contributed by atoms with Gasteiger partial charge in [-0.3, -0.25) is 0 Å². The Bertz CT molecular complexity index is 910. The van der Waals surface area contributed by atoms with Crippen molar-refractivity contribution in [2.75, 3.05) is 0 Å². The number of hydrogen-bond donors (Lipinski definition) is 0. The van der Waals surface area contributed by atoms with Crippen molar-refractivity contribution in [1.82, 2.24) is 9.97 Å². The van der Waals surface area contributed by atoms with Gasteiger partial charge in [-0.1, -0.05) is 12.1 Å². The molecule has 2 heterocycles. The highest BCUT2D eigenvalue weighted by molar-refractivity contribution is 7.18. The van der Waals surface area contributed by atoms with E-state index < -0.39 is 0 Å². The number of hydrogen-bond acceptors (Lipinski definition) is 4. The van der Waals surface area contributed by atoms with Gasteiger partial charge in [0.05, 0.1) is 25.4 Å². The van der Waals surface area contributed by atoms with E-state index in [1.807, 2.05) is 12.1 Å². The van der Waals surface area contributed by atoms with Gasteiger partial charge in [0.2, 0.25) is 0 Å². The first-order valence-electron chi connectivity index (χ1n) is 6.09. The molecule has 0 amide bonds. The molecule has 0 bridgehead atoms. The zero-order valence-electron chi connectivity index (χ0n) is 10.3. The minimum atomic E-state index is -0.245. The third kappa shape index (κ3) is 1.99. The summed E-state index contributed by atoms with van der Waals surface area (Å²) in [5, 5.41) is 0.978. The number of aromatic nitrogens is 2. The van der Waals surface area contributed by atoms with Crippen LogP contribution in [0.5, 0.6) is 0 Å². The van der Waals surface area contributed by atoms with Crippen LogP contribution < -0.4 is 0 Å². The highest BCUT2D eigenvalue weighted by Gasteiger charge is 2.09. The maximum atomic E-state index is 13.2. The Morgan fingerprint density at radius 3 is 3.05 bits per heavy atom. The summed E-state index contributed by atoms with van der Waals surface area (Å²) in [5.74, 6) is -0.245. The quantitative estimate of drug-likeness (QED) is 0.547. The third-order valence-corrected chi connectivity index (χ3v) is 4.90. The van der Waals surface area contributed by atoms with Crippen LogP contribution in [0.3, 0.4) is 0 Å². The topological polar surface area (TPSA) is 25.8 Å². The monoisotopic (exact) mass is 299 g/mol. The van der Waals surface area contributed by atoms with Crippen molar-refractivity contribution < 1.29 is 4.39 Å². The van der Waals surface area contributed by atoms with Crippen molar-refractivity contribution in [3.63, 3.8) is 0 Å². The first kappa shape index (κ1) is 11.9. The van der Waals surface area contributed by atoms with Crippen molar-refractivity contribution in [2.45, 2.75) is 6.42 Å². The molecule has 0 aliphatic heterocycles. The predicted octanol–water partition coefficient (Wildman–Crippen LogP) is 4.44. The summed E-state index contributed by atoms with van der Waals surface area (Å²) in [6.45, 7) is 0. The van der Waals surface area contributed by atoms with E-state index >= 15 is 0 Å². The summed E-state index contributed by atoms with van der Waals surface area (Å²) in [4.78, 5) is 8.80. The van der Waals surface area contributed by atoms with Gasteiger partial charge in [-0.05, 0) is 23.8 Å². The highest BCUT2D eigenvalue weighted by atomic mass is 32.1. The van der Waals surface area contributed by atoms with E-state index in [9.17, 15) is 4.39 Å². The van der Waals surface area contributed by atoms with Crippen LogP contribution in [0.25, 0.3) is 20.4 Å². The summed E-state index contributed by atoms with van der Waals surface area (Å²) in [7, 11) is 0. The predicted molar refractivity (Wildman–Crippen MR) is 80.8 cm³/mol. The van der Waals surface area contributed by atoms with E-state index in [1.165, 1.54) is 23.5 Å². The molecule has 4 aromatic rings. The second-order valence-corrected chi connectivity index (χ2v) is 6.41. The van der Waals surface area contributed by atoms with Crippen molar-refractivity contribution in [1.29, 1.82) is 0 Å². The molecule has 0 aliphatic rings. The van der Waals surface area contributed by atoms with E-state index in [-0.39, 0.29) is 5.82 Å². The largest absolute Gasteiger partial charge is 0.241 e. The van der Waals surface area contributed by atoms with Crippen LogP contribution in [0.2, 0.25) is 0 Å². The second-order valence-electron chi connectivity index (χ2n) is 4.47. The van der Waals surface area contributed by atoms with Gasteiger partial charge in [0, 0.05) is 12.5 Å². The fraction of sp³-hybridized carbons (Fsp3) is 0.0667.